The number of rotatable bonds is 2. The maximum atomic E-state index is 12.7. The van der Waals surface area contributed by atoms with Crippen molar-refractivity contribution in [3.05, 3.63) is 57.1 Å². The van der Waals surface area contributed by atoms with Crippen LogP contribution in [-0.2, 0) is 4.79 Å². The average molecular weight is 335 g/mol. The molecule has 22 heavy (non-hydrogen) atoms. The molecule has 3 rings (SSSR count). The average Bonchev–Trinajstić information content (AvgIpc) is 2.52. The Bertz CT molecular complexity index is 714. The summed E-state index contributed by atoms with van der Waals surface area (Å²) in [5, 5.41) is 1.10. The monoisotopic (exact) mass is 334 g/mol. The van der Waals surface area contributed by atoms with Crippen LogP contribution in [0, 0.1) is 5.92 Å². The van der Waals surface area contributed by atoms with Gasteiger partial charge in [-0.05, 0) is 49.0 Å². The summed E-state index contributed by atoms with van der Waals surface area (Å²) in [7, 11) is 1.58. The number of Topliss-reactive ketones (excluding diaryl/α,β-unsaturated/α-hetero) is 1. The van der Waals surface area contributed by atoms with E-state index in [1.165, 1.54) is 0 Å². The Labute approximate surface area is 140 Å². The van der Waals surface area contributed by atoms with Gasteiger partial charge in [-0.1, -0.05) is 41.4 Å². The number of ether oxygens (including phenoxy) is 1. The molecule has 4 heteroatoms. The quantitative estimate of drug-likeness (QED) is 0.698. The third-order valence-electron chi connectivity index (χ3n) is 4.19. The second-order valence-electron chi connectivity index (χ2n) is 5.50. The number of fused-ring (bicyclic) bond motifs is 1. The van der Waals surface area contributed by atoms with E-state index < -0.39 is 0 Å². The molecule has 1 saturated carbocycles. The summed E-state index contributed by atoms with van der Waals surface area (Å²) >= 11 is 12.5. The van der Waals surface area contributed by atoms with Crippen molar-refractivity contribution in [1.82, 2.24) is 0 Å². The van der Waals surface area contributed by atoms with Crippen LogP contribution in [-0.4, -0.2) is 12.9 Å². The molecule has 0 amide bonds. The summed E-state index contributed by atoms with van der Waals surface area (Å²) in [6.45, 7) is 0. The molecule has 1 aromatic carbocycles. The Hall–Kier alpha value is -1.51. The standard InChI is InChI=1S/C18H16Cl2O2/c1-22-15-7-3-5-12(17(15)20)10-13-9-8-11-4-2-6-14(19)16(11)18(13)21/h2-3,5-7,10-11H,4,8-9H2,1H3. The summed E-state index contributed by atoms with van der Waals surface area (Å²) in [5.41, 5.74) is 2.31. The number of hydrogen-bond donors (Lipinski definition) is 0. The summed E-state index contributed by atoms with van der Waals surface area (Å²) < 4.78 is 5.22. The van der Waals surface area contributed by atoms with Crippen LogP contribution in [0.1, 0.15) is 24.8 Å². The minimum atomic E-state index is 0.0458. The smallest absolute Gasteiger partial charge is 0.186 e. The first kappa shape index (κ1) is 15.4. The van der Waals surface area contributed by atoms with Crippen LogP contribution in [0.4, 0.5) is 0 Å². The molecule has 1 aromatic rings. The zero-order valence-electron chi connectivity index (χ0n) is 12.2. The third kappa shape index (κ3) is 2.73. The fourth-order valence-corrected chi connectivity index (χ4v) is 3.62. The number of ketones is 1. The number of hydrogen-bond acceptors (Lipinski definition) is 2. The Morgan fingerprint density at radius 1 is 1.32 bits per heavy atom. The van der Waals surface area contributed by atoms with Crippen molar-refractivity contribution >= 4 is 35.1 Å². The van der Waals surface area contributed by atoms with E-state index >= 15 is 0 Å². The zero-order valence-corrected chi connectivity index (χ0v) is 13.7. The molecule has 1 fully saturated rings. The van der Waals surface area contributed by atoms with Gasteiger partial charge in [0.25, 0.3) is 0 Å². The Morgan fingerprint density at radius 2 is 2.14 bits per heavy atom. The van der Waals surface area contributed by atoms with Gasteiger partial charge in [0.15, 0.2) is 5.78 Å². The van der Waals surface area contributed by atoms with Gasteiger partial charge in [-0.15, -0.1) is 0 Å². The molecule has 2 nitrogen and oxygen atoms in total. The van der Waals surface area contributed by atoms with Gasteiger partial charge >= 0.3 is 0 Å². The lowest BCUT2D eigenvalue weighted by atomic mass is 9.76. The number of benzene rings is 1. The van der Waals surface area contributed by atoms with Gasteiger partial charge in [0.05, 0.1) is 12.1 Å². The van der Waals surface area contributed by atoms with Crippen molar-refractivity contribution in [3.63, 3.8) is 0 Å². The lowest BCUT2D eigenvalue weighted by molar-refractivity contribution is -0.113. The maximum absolute atomic E-state index is 12.7. The molecule has 114 valence electrons. The third-order valence-corrected chi connectivity index (χ3v) is 4.93. The van der Waals surface area contributed by atoms with Crippen LogP contribution in [0.2, 0.25) is 5.02 Å². The van der Waals surface area contributed by atoms with Crippen LogP contribution in [0.3, 0.4) is 0 Å². The lowest BCUT2D eigenvalue weighted by Crippen LogP contribution is -2.23. The molecule has 0 bridgehead atoms. The Kier molecular flexibility index (Phi) is 4.42. The highest BCUT2D eigenvalue weighted by molar-refractivity contribution is 6.35. The molecular formula is C18H16Cl2O2. The summed E-state index contributed by atoms with van der Waals surface area (Å²) in [6.07, 6.45) is 8.31. The molecule has 1 unspecified atom stereocenters. The second kappa shape index (κ2) is 6.31. The van der Waals surface area contributed by atoms with Crippen molar-refractivity contribution < 1.29 is 9.53 Å². The van der Waals surface area contributed by atoms with E-state index in [1.807, 2.05) is 30.4 Å². The zero-order chi connectivity index (χ0) is 15.7. The van der Waals surface area contributed by atoms with E-state index in [-0.39, 0.29) is 11.7 Å². The molecule has 0 heterocycles. The summed E-state index contributed by atoms with van der Waals surface area (Å²) in [4.78, 5) is 12.7. The highest BCUT2D eigenvalue weighted by Crippen LogP contribution is 2.40. The van der Waals surface area contributed by atoms with Crippen molar-refractivity contribution in [3.8, 4) is 5.75 Å². The number of methoxy groups -OCH3 is 1. The first-order valence-corrected chi connectivity index (χ1v) is 8.01. The minimum absolute atomic E-state index is 0.0458. The van der Waals surface area contributed by atoms with E-state index in [9.17, 15) is 4.79 Å². The second-order valence-corrected chi connectivity index (χ2v) is 6.28. The van der Waals surface area contributed by atoms with Gasteiger partial charge in [0, 0.05) is 16.2 Å². The predicted octanol–water partition coefficient (Wildman–Crippen LogP) is 5.16. The SMILES string of the molecule is COc1cccc(C=C2CCC3CC=CC(Cl)=C3C2=O)c1Cl. The fourth-order valence-electron chi connectivity index (χ4n) is 3.03. The van der Waals surface area contributed by atoms with Crippen LogP contribution in [0.15, 0.2) is 46.5 Å². The first-order chi connectivity index (χ1) is 10.6. The Morgan fingerprint density at radius 3 is 2.91 bits per heavy atom. The minimum Gasteiger partial charge on any atom is -0.495 e. The van der Waals surface area contributed by atoms with Gasteiger partial charge in [-0.25, -0.2) is 0 Å². The molecule has 0 N–H and O–H groups in total. The molecule has 0 saturated heterocycles. The topological polar surface area (TPSA) is 26.3 Å². The number of carbonyl (C=O) groups excluding carboxylic acids is 1. The largest absolute Gasteiger partial charge is 0.495 e. The molecule has 0 aromatic heterocycles. The van der Waals surface area contributed by atoms with Crippen LogP contribution >= 0.6 is 23.2 Å². The molecule has 2 aliphatic carbocycles. The highest BCUT2D eigenvalue weighted by Gasteiger charge is 2.32. The van der Waals surface area contributed by atoms with Crippen LogP contribution in [0.25, 0.3) is 6.08 Å². The van der Waals surface area contributed by atoms with Crippen molar-refractivity contribution in [2.45, 2.75) is 19.3 Å². The maximum Gasteiger partial charge on any atom is 0.186 e. The highest BCUT2D eigenvalue weighted by atomic mass is 35.5. The van der Waals surface area contributed by atoms with Crippen molar-refractivity contribution in [2.75, 3.05) is 7.11 Å². The Balaban J connectivity index is 1.99. The van der Waals surface area contributed by atoms with E-state index in [0.29, 0.717) is 15.8 Å². The van der Waals surface area contributed by atoms with Crippen molar-refractivity contribution in [1.29, 1.82) is 0 Å². The fraction of sp³-hybridized carbons (Fsp3) is 0.278. The van der Waals surface area contributed by atoms with E-state index in [0.717, 1.165) is 36.0 Å². The normalized spacial score (nSPS) is 23.0. The van der Waals surface area contributed by atoms with E-state index in [2.05, 4.69) is 0 Å². The van der Waals surface area contributed by atoms with Crippen molar-refractivity contribution in [2.24, 2.45) is 5.92 Å². The van der Waals surface area contributed by atoms with Crippen LogP contribution in [0.5, 0.6) is 5.75 Å². The van der Waals surface area contributed by atoms with Crippen LogP contribution < -0.4 is 4.74 Å². The molecule has 1 atom stereocenters. The molecular weight excluding hydrogens is 319 g/mol. The molecule has 0 aliphatic heterocycles. The number of carbonyl (C=O) groups is 1. The van der Waals surface area contributed by atoms with E-state index in [4.69, 9.17) is 27.9 Å². The number of allylic oxidation sites excluding steroid dienone is 5. The molecule has 2 aliphatic rings. The summed E-state index contributed by atoms with van der Waals surface area (Å²) in [5.74, 6) is 0.905. The molecule has 0 spiro atoms. The van der Waals surface area contributed by atoms with Gasteiger partial charge in [0.2, 0.25) is 0 Å². The van der Waals surface area contributed by atoms with Gasteiger partial charge in [-0.3, -0.25) is 4.79 Å². The summed E-state index contributed by atoms with van der Waals surface area (Å²) in [6, 6.07) is 5.55. The molecule has 0 radical (unpaired) electrons. The number of halogens is 2. The lowest BCUT2D eigenvalue weighted by Gasteiger charge is -2.28. The van der Waals surface area contributed by atoms with Gasteiger partial charge in [0.1, 0.15) is 5.75 Å². The van der Waals surface area contributed by atoms with E-state index in [1.54, 1.807) is 13.2 Å². The predicted molar refractivity (Wildman–Crippen MR) is 90.3 cm³/mol. The first-order valence-electron chi connectivity index (χ1n) is 7.25. The van der Waals surface area contributed by atoms with Gasteiger partial charge in [-0.2, -0.15) is 0 Å². The van der Waals surface area contributed by atoms with Gasteiger partial charge < -0.3 is 4.74 Å².